The van der Waals surface area contributed by atoms with Crippen LogP contribution in [0, 0.1) is 0 Å². The molecular weight excluding hydrogens is 800 g/mol. The minimum absolute atomic E-state index is 0.0471. The molecule has 0 aliphatic heterocycles. The van der Waals surface area contributed by atoms with Crippen molar-refractivity contribution in [3.63, 3.8) is 0 Å². The highest BCUT2D eigenvalue weighted by atomic mass is 31.2. The van der Waals surface area contributed by atoms with E-state index in [1.807, 2.05) is 0 Å². The Balaban J connectivity index is 4.03. The first-order valence-electron chi connectivity index (χ1n) is 26.0. The molecule has 0 saturated heterocycles. The molecule has 0 aromatic rings. The van der Waals surface area contributed by atoms with Crippen LogP contribution in [0.25, 0.3) is 0 Å². The topological polar surface area (TPSA) is 132 Å². The summed E-state index contributed by atoms with van der Waals surface area (Å²) in [6.07, 6.45) is 55.4. The monoisotopic (exact) mass is 899 g/mol. The molecule has 3 unspecified atom stereocenters. The number of carbonyl (C=O) groups is 1. The average molecular weight is 899 g/mol. The van der Waals surface area contributed by atoms with Crippen LogP contribution >= 0.6 is 7.82 Å². The van der Waals surface area contributed by atoms with Gasteiger partial charge in [0.2, 0.25) is 0 Å². The zero-order chi connectivity index (χ0) is 45.3. The van der Waals surface area contributed by atoms with Gasteiger partial charge in [0.15, 0.2) is 0 Å². The summed E-state index contributed by atoms with van der Waals surface area (Å²) in [6, 6.07) is 0. The zero-order valence-corrected chi connectivity index (χ0v) is 41.2. The van der Waals surface area contributed by atoms with Gasteiger partial charge in [-0.2, -0.15) is 0 Å². The second-order valence-electron chi connectivity index (χ2n) is 17.5. The highest BCUT2D eigenvalue weighted by Crippen LogP contribution is 2.43. The van der Waals surface area contributed by atoms with Gasteiger partial charge in [0.05, 0.1) is 26.4 Å². The lowest BCUT2D eigenvalue weighted by molar-refractivity contribution is -0.154. The van der Waals surface area contributed by atoms with Crippen molar-refractivity contribution in [2.45, 2.75) is 257 Å². The molecule has 9 nitrogen and oxygen atoms in total. The smallest absolute Gasteiger partial charge is 0.457 e. The number of rotatable bonds is 50. The van der Waals surface area contributed by atoms with Gasteiger partial charge in [0.25, 0.3) is 0 Å². The van der Waals surface area contributed by atoms with Crippen LogP contribution in [0.15, 0.2) is 36.5 Å². The normalized spacial score (nSPS) is 14.1. The van der Waals surface area contributed by atoms with Crippen LogP contribution in [0.1, 0.15) is 245 Å². The SMILES string of the molecule is CC/C=C\C/C=C\C/C=C\CCCCCCCCCCOCC(COP(=O)(O)OCC(O)CO)OC(=O)CCCCCCCCCCCCCCCCCCCCCCCCC. The van der Waals surface area contributed by atoms with Gasteiger partial charge in [-0.15, -0.1) is 0 Å². The first kappa shape index (κ1) is 60.7. The van der Waals surface area contributed by atoms with Crippen molar-refractivity contribution < 1.29 is 43.0 Å². The first-order valence-corrected chi connectivity index (χ1v) is 27.5. The molecule has 0 aliphatic carbocycles. The van der Waals surface area contributed by atoms with E-state index in [0.29, 0.717) is 6.61 Å². The van der Waals surface area contributed by atoms with E-state index in [1.165, 1.54) is 161 Å². The molecule has 0 bridgehead atoms. The summed E-state index contributed by atoms with van der Waals surface area (Å²) in [4.78, 5) is 22.7. The third-order valence-corrected chi connectivity index (χ3v) is 12.3. The van der Waals surface area contributed by atoms with Gasteiger partial charge >= 0.3 is 13.8 Å². The van der Waals surface area contributed by atoms with Gasteiger partial charge in [-0.3, -0.25) is 13.8 Å². The fourth-order valence-electron chi connectivity index (χ4n) is 7.43. The summed E-state index contributed by atoms with van der Waals surface area (Å²) in [6.45, 7) is 3.44. The number of phosphoric ester groups is 1. The number of aliphatic hydroxyl groups is 2. The Kier molecular flexibility index (Phi) is 48.1. The molecule has 0 aromatic carbocycles. The maximum absolute atomic E-state index is 12.7. The van der Waals surface area contributed by atoms with Crippen molar-refractivity contribution >= 4 is 13.8 Å². The summed E-state index contributed by atoms with van der Waals surface area (Å²) in [7, 11) is -4.52. The van der Waals surface area contributed by atoms with Gasteiger partial charge < -0.3 is 24.6 Å². The fourth-order valence-corrected chi connectivity index (χ4v) is 8.22. The molecule has 0 heterocycles. The Morgan fingerprint density at radius 3 is 1.39 bits per heavy atom. The van der Waals surface area contributed by atoms with Crippen LogP contribution in [0.3, 0.4) is 0 Å². The molecule has 62 heavy (non-hydrogen) atoms. The molecule has 0 aliphatic rings. The standard InChI is InChI=1S/C52H99O9P/c1-3-5-7-9-11-13-15-17-19-21-23-24-25-26-27-28-30-32-34-36-38-40-42-44-52(55)61-51(49-60-62(56,57)59-47-50(54)46-53)48-58-45-43-41-39-37-35-33-31-29-22-20-18-16-14-12-10-8-6-4-2/h6,8,12,14,18,20,50-51,53-54H,3-5,7,9-11,13,15-17,19,21-49H2,1-2H3,(H,56,57)/b8-6-,14-12-,20-18-. The Morgan fingerprint density at radius 2 is 0.919 bits per heavy atom. The third-order valence-electron chi connectivity index (χ3n) is 11.3. The zero-order valence-electron chi connectivity index (χ0n) is 40.3. The average Bonchev–Trinajstić information content (AvgIpc) is 3.26. The highest BCUT2D eigenvalue weighted by Gasteiger charge is 2.26. The van der Waals surface area contributed by atoms with Crippen LogP contribution in [-0.2, 0) is 27.9 Å². The van der Waals surface area contributed by atoms with Crippen LogP contribution in [-0.4, -0.2) is 66.3 Å². The number of hydrogen-bond donors (Lipinski definition) is 3. The van der Waals surface area contributed by atoms with Crippen molar-refractivity contribution in [2.24, 2.45) is 0 Å². The Bertz CT molecular complexity index is 1060. The van der Waals surface area contributed by atoms with Crippen molar-refractivity contribution in [1.29, 1.82) is 0 Å². The maximum atomic E-state index is 12.7. The minimum Gasteiger partial charge on any atom is -0.457 e. The number of carbonyl (C=O) groups excluding carboxylic acids is 1. The van der Waals surface area contributed by atoms with Gasteiger partial charge in [0, 0.05) is 13.0 Å². The van der Waals surface area contributed by atoms with Crippen molar-refractivity contribution in [1.82, 2.24) is 0 Å². The lowest BCUT2D eigenvalue weighted by Crippen LogP contribution is -2.29. The summed E-state index contributed by atoms with van der Waals surface area (Å²) >= 11 is 0. The van der Waals surface area contributed by atoms with Gasteiger partial charge in [0.1, 0.15) is 12.2 Å². The van der Waals surface area contributed by atoms with E-state index >= 15 is 0 Å². The number of aliphatic hydroxyl groups excluding tert-OH is 2. The van der Waals surface area contributed by atoms with Gasteiger partial charge in [-0.1, -0.05) is 230 Å². The summed E-state index contributed by atoms with van der Waals surface area (Å²) in [5.41, 5.74) is 0. The number of esters is 1. The predicted molar refractivity (Wildman–Crippen MR) is 261 cm³/mol. The number of hydrogen-bond acceptors (Lipinski definition) is 8. The number of allylic oxidation sites excluding steroid dienone is 6. The van der Waals surface area contributed by atoms with E-state index < -0.39 is 33.2 Å². The lowest BCUT2D eigenvalue weighted by atomic mass is 10.0. The fraction of sp³-hybridized carbons (Fsp3) is 0.865. The van der Waals surface area contributed by atoms with E-state index in [9.17, 15) is 19.4 Å². The third kappa shape index (κ3) is 48.1. The molecule has 0 amide bonds. The van der Waals surface area contributed by atoms with E-state index in [4.69, 9.17) is 23.6 Å². The molecule has 0 saturated carbocycles. The van der Waals surface area contributed by atoms with Crippen molar-refractivity contribution in [3.8, 4) is 0 Å². The van der Waals surface area contributed by atoms with Crippen LogP contribution < -0.4 is 0 Å². The maximum Gasteiger partial charge on any atom is 0.472 e. The Labute approximate surface area is 382 Å². The largest absolute Gasteiger partial charge is 0.472 e. The summed E-state index contributed by atoms with van der Waals surface area (Å²) in [5.74, 6) is -0.380. The van der Waals surface area contributed by atoms with E-state index in [-0.39, 0.29) is 25.6 Å². The molecule has 10 heteroatoms. The molecule has 0 fully saturated rings. The molecule has 366 valence electrons. The highest BCUT2D eigenvalue weighted by molar-refractivity contribution is 7.47. The van der Waals surface area contributed by atoms with Gasteiger partial charge in [-0.05, 0) is 44.9 Å². The summed E-state index contributed by atoms with van der Waals surface area (Å²) < 4.78 is 33.5. The molecule has 3 N–H and O–H groups in total. The summed E-state index contributed by atoms with van der Waals surface area (Å²) in [5, 5.41) is 18.4. The van der Waals surface area contributed by atoms with E-state index in [2.05, 4.69) is 50.3 Å². The minimum atomic E-state index is -4.52. The number of ether oxygens (including phenoxy) is 2. The molecular formula is C52H99O9P. The number of phosphoric acid groups is 1. The van der Waals surface area contributed by atoms with E-state index in [1.54, 1.807) is 0 Å². The van der Waals surface area contributed by atoms with Gasteiger partial charge in [-0.25, -0.2) is 4.57 Å². The van der Waals surface area contributed by atoms with Crippen molar-refractivity contribution in [3.05, 3.63) is 36.5 Å². The number of unbranched alkanes of at least 4 members (excludes halogenated alkanes) is 30. The Morgan fingerprint density at radius 1 is 0.516 bits per heavy atom. The molecule has 0 radical (unpaired) electrons. The van der Waals surface area contributed by atoms with Crippen LogP contribution in [0.5, 0.6) is 0 Å². The molecule has 3 atom stereocenters. The second-order valence-corrected chi connectivity index (χ2v) is 19.0. The van der Waals surface area contributed by atoms with Crippen molar-refractivity contribution in [2.75, 3.05) is 33.0 Å². The second kappa shape index (κ2) is 49.1. The quantitative estimate of drug-likeness (QED) is 0.0236. The lowest BCUT2D eigenvalue weighted by Gasteiger charge is -2.20. The van der Waals surface area contributed by atoms with Crippen LogP contribution in [0.2, 0.25) is 0 Å². The first-order chi connectivity index (χ1) is 30.3. The Hall–Kier alpha value is -1.32. The molecule has 0 aromatic heterocycles. The predicted octanol–water partition coefficient (Wildman–Crippen LogP) is 15.2. The molecule has 0 rings (SSSR count). The molecule has 0 spiro atoms. The van der Waals surface area contributed by atoms with E-state index in [0.717, 1.165) is 64.2 Å². The van der Waals surface area contributed by atoms with Crippen LogP contribution in [0.4, 0.5) is 0 Å².